The summed E-state index contributed by atoms with van der Waals surface area (Å²) >= 11 is 6.13. The van der Waals surface area contributed by atoms with E-state index in [0.717, 1.165) is 28.4 Å². The third-order valence-corrected chi connectivity index (χ3v) is 8.24. The van der Waals surface area contributed by atoms with Crippen LogP contribution < -0.4 is 10.6 Å². The second-order valence-corrected chi connectivity index (χ2v) is 12.7. The molecule has 9 nitrogen and oxygen atoms in total. The largest absolute Gasteiger partial charge is 0.442 e. The maximum atomic E-state index is 15.1. The predicted octanol–water partition coefficient (Wildman–Crippen LogP) is 4.34. The first-order valence-corrected chi connectivity index (χ1v) is 13.4. The lowest BCUT2D eigenvalue weighted by molar-refractivity contribution is 0.0602. The van der Waals surface area contributed by atoms with E-state index in [1.807, 2.05) is 6.07 Å². The van der Waals surface area contributed by atoms with Gasteiger partial charge in [0.25, 0.3) is 0 Å². The van der Waals surface area contributed by atoms with Crippen LogP contribution in [0.4, 0.5) is 14.9 Å². The minimum absolute atomic E-state index is 0.0733. The van der Waals surface area contributed by atoms with Crippen LogP contribution in [-0.2, 0) is 26.7 Å². The van der Waals surface area contributed by atoms with Crippen LogP contribution in [0.25, 0.3) is 0 Å². The third-order valence-electron chi connectivity index (χ3n) is 6.08. The van der Waals surface area contributed by atoms with Crippen LogP contribution in [0.3, 0.4) is 0 Å². The Morgan fingerprint density at radius 2 is 2.08 bits per heavy atom. The summed E-state index contributed by atoms with van der Waals surface area (Å²) in [6.07, 6.45) is 2.23. The average molecular weight is 538 g/mol. The molecule has 0 radical (unpaired) electrons. The summed E-state index contributed by atoms with van der Waals surface area (Å²) < 4.78 is 47.2. The van der Waals surface area contributed by atoms with E-state index >= 15 is 4.39 Å². The van der Waals surface area contributed by atoms with E-state index in [0.29, 0.717) is 10.7 Å². The number of aromatic nitrogens is 1. The highest BCUT2D eigenvalue weighted by molar-refractivity contribution is 7.89. The van der Waals surface area contributed by atoms with Crippen molar-refractivity contribution >= 4 is 39.4 Å². The van der Waals surface area contributed by atoms with Gasteiger partial charge in [0, 0.05) is 30.2 Å². The number of halogens is 2. The number of carbonyl (C=O) groups is 1. The molecule has 2 atom stereocenters. The zero-order chi connectivity index (χ0) is 26.5. The molecule has 1 aliphatic carbocycles. The number of hydrogen-bond acceptors (Lipinski definition) is 6. The summed E-state index contributed by atoms with van der Waals surface area (Å²) in [5, 5.41) is 6.88. The van der Waals surface area contributed by atoms with Crippen molar-refractivity contribution in [3.8, 4) is 0 Å². The van der Waals surface area contributed by atoms with Crippen molar-refractivity contribution in [1.82, 2.24) is 14.6 Å². The fourth-order valence-corrected chi connectivity index (χ4v) is 6.06. The van der Waals surface area contributed by atoms with Crippen LogP contribution in [0.1, 0.15) is 57.0 Å². The van der Waals surface area contributed by atoms with Crippen molar-refractivity contribution in [3.05, 3.63) is 58.1 Å². The third kappa shape index (κ3) is 5.41. The quantitative estimate of drug-likeness (QED) is 0.598. The number of anilines is 1. The monoisotopic (exact) mass is 537 g/mol. The Labute approximate surface area is 215 Å². The van der Waals surface area contributed by atoms with Gasteiger partial charge >= 0.3 is 6.09 Å². The Morgan fingerprint density at radius 3 is 2.78 bits per heavy atom. The molecule has 1 saturated heterocycles. The Bertz CT molecular complexity index is 1340. The number of aliphatic imine (C=N–C) groups is 1. The number of rotatable bonds is 3. The lowest BCUT2D eigenvalue weighted by atomic mass is 9.92. The van der Waals surface area contributed by atoms with Crippen molar-refractivity contribution in [1.29, 1.82) is 0 Å². The minimum Gasteiger partial charge on any atom is -0.442 e. The second-order valence-electron chi connectivity index (χ2n) is 10.2. The van der Waals surface area contributed by atoms with Gasteiger partial charge < -0.3 is 15.4 Å². The number of pyridine rings is 1. The van der Waals surface area contributed by atoms with Crippen LogP contribution in [0.15, 0.2) is 35.5 Å². The van der Waals surface area contributed by atoms with E-state index in [9.17, 15) is 13.2 Å². The number of guanidine groups is 1. The van der Waals surface area contributed by atoms with Crippen LogP contribution >= 0.6 is 11.6 Å². The van der Waals surface area contributed by atoms with Crippen LogP contribution in [0.2, 0.25) is 5.02 Å². The van der Waals surface area contributed by atoms with E-state index in [1.54, 1.807) is 46.0 Å². The molecule has 194 valence electrons. The molecule has 0 unspecified atom stereocenters. The molecular formula is C24H29ClFN5O4S. The molecule has 0 saturated carbocycles. The Kier molecular flexibility index (Phi) is 6.67. The van der Waals surface area contributed by atoms with Gasteiger partial charge in [0.05, 0.1) is 22.4 Å². The maximum absolute atomic E-state index is 15.1. The molecule has 2 N–H and O–H groups in total. The van der Waals surface area contributed by atoms with Crippen molar-refractivity contribution in [2.75, 3.05) is 18.1 Å². The number of fused-ring (bicyclic) bond motifs is 1. The maximum Gasteiger partial charge on any atom is 0.437 e. The molecule has 1 fully saturated rings. The molecule has 2 heterocycles. The van der Waals surface area contributed by atoms with Gasteiger partial charge in [-0.05, 0) is 70.4 Å². The number of nitrogens with zero attached hydrogens (tertiary/aromatic N) is 3. The zero-order valence-electron chi connectivity index (χ0n) is 20.7. The number of hydrogen-bond donors (Lipinski definition) is 2. The van der Waals surface area contributed by atoms with Gasteiger partial charge in [-0.15, -0.1) is 4.99 Å². The number of sulfonamides is 1. The number of carbonyl (C=O) groups excluding carboxylic acids is 1. The van der Waals surface area contributed by atoms with Gasteiger partial charge in [-0.1, -0.05) is 11.6 Å². The standard InChI is InChI=1S/C24H29ClFN5O4S/c1-23(2,3)35-22(32)29-21-30-24(4,13-36(33,34)31(21)5)17-11-15(6-7-18(17)26)28-20-9-8-19-16(20)10-14(25)12-27-19/h6-7,10-12,20,28H,8-9,13H2,1-5H3,(H,29,30,32)/t20-,24-/m0/s1. The highest BCUT2D eigenvalue weighted by Crippen LogP contribution is 2.36. The normalized spacial score (nSPS) is 24.2. The van der Waals surface area contributed by atoms with Gasteiger partial charge in [0.15, 0.2) is 0 Å². The fourth-order valence-electron chi connectivity index (χ4n) is 4.39. The molecule has 1 amide bonds. The molecule has 1 aliphatic heterocycles. The molecule has 12 heteroatoms. The highest BCUT2D eigenvalue weighted by atomic mass is 35.5. The molecule has 0 bridgehead atoms. The van der Waals surface area contributed by atoms with Crippen molar-refractivity contribution in [2.45, 2.75) is 57.7 Å². The number of nitrogens with one attached hydrogen (secondary N) is 2. The van der Waals surface area contributed by atoms with Crippen LogP contribution in [-0.4, -0.2) is 48.2 Å². The second kappa shape index (κ2) is 9.19. The van der Waals surface area contributed by atoms with Crippen molar-refractivity contribution in [2.24, 2.45) is 4.99 Å². The van der Waals surface area contributed by atoms with E-state index in [2.05, 4.69) is 20.6 Å². The summed E-state index contributed by atoms with van der Waals surface area (Å²) in [5.74, 6) is -1.29. The first-order valence-electron chi connectivity index (χ1n) is 11.4. The number of ether oxygens (including phenoxy) is 1. The first-order chi connectivity index (χ1) is 16.7. The molecular weight excluding hydrogens is 509 g/mol. The SMILES string of the molecule is CN1/C(=N\C(=O)OC(C)(C)C)N[C@](C)(c2cc(N[C@H]3CCc4ncc(Cl)cc43)ccc2F)CS1(=O)=O. The molecule has 0 spiro atoms. The molecule has 4 rings (SSSR count). The number of aryl methyl sites for hydroxylation is 1. The highest BCUT2D eigenvalue weighted by Gasteiger charge is 2.44. The smallest absolute Gasteiger partial charge is 0.437 e. The zero-order valence-corrected chi connectivity index (χ0v) is 22.3. The molecule has 36 heavy (non-hydrogen) atoms. The van der Waals surface area contributed by atoms with Crippen LogP contribution in [0, 0.1) is 5.82 Å². The summed E-state index contributed by atoms with van der Waals surface area (Å²) in [7, 11) is -2.66. The molecule has 2 aromatic rings. The van der Waals surface area contributed by atoms with Crippen molar-refractivity contribution < 1.29 is 22.3 Å². The minimum atomic E-state index is -3.93. The van der Waals surface area contributed by atoms with Crippen LogP contribution in [0.5, 0.6) is 0 Å². The summed E-state index contributed by atoms with van der Waals surface area (Å²) in [6.45, 7) is 6.57. The molecule has 1 aromatic carbocycles. The van der Waals surface area contributed by atoms with E-state index in [-0.39, 0.29) is 17.6 Å². The molecule has 2 aliphatic rings. The van der Waals surface area contributed by atoms with E-state index in [4.69, 9.17) is 16.3 Å². The Hall–Kier alpha value is -2.92. The summed E-state index contributed by atoms with van der Waals surface area (Å²) in [6, 6.07) is 6.24. The van der Waals surface area contributed by atoms with Gasteiger partial charge in [-0.2, -0.15) is 0 Å². The van der Waals surface area contributed by atoms with E-state index in [1.165, 1.54) is 13.1 Å². The van der Waals surface area contributed by atoms with Gasteiger partial charge in [0.1, 0.15) is 11.4 Å². The lowest BCUT2D eigenvalue weighted by Crippen LogP contribution is -2.61. The fraction of sp³-hybridized carbons (Fsp3) is 0.458. The predicted molar refractivity (Wildman–Crippen MR) is 136 cm³/mol. The number of benzene rings is 1. The molecule has 1 aromatic heterocycles. The number of amides is 1. The Morgan fingerprint density at radius 1 is 1.36 bits per heavy atom. The lowest BCUT2D eigenvalue weighted by Gasteiger charge is -2.40. The average Bonchev–Trinajstić information content (AvgIpc) is 3.13. The van der Waals surface area contributed by atoms with Gasteiger partial charge in [-0.3, -0.25) is 4.98 Å². The van der Waals surface area contributed by atoms with Gasteiger partial charge in [0.2, 0.25) is 16.0 Å². The van der Waals surface area contributed by atoms with Crippen molar-refractivity contribution in [3.63, 3.8) is 0 Å². The summed E-state index contributed by atoms with van der Waals surface area (Å²) in [4.78, 5) is 20.5. The Balaban J connectivity index is 1.66. The van der Waals surface area contributed by atoms with E-state index < -0.39 is 38.8 Å². The summed E-state index contributed by atoms with van der Waals surface area (Å²) in [5.41, 5.74) is 0.426. The first kappa shape index (κ1) is 26.2. The topological polar surface area (TPSA) is 113 Å². The van der Waals surface area contributed by atoms with Gasteiger partial charge in [-0.25, -0.2) is 21.9 Å².